The molecule has 0 fully saturated rings. The van der Waals surface area contributed by atoms with Crippen LogP contribution in [0.3, 0.4) is 0 Å². The van der Waals surface area contributed by atoms with Crippen LogP contribution in [0.5, 0.6) is 0 Å². The van der Waals surface area contributed by atoms with E-state index < -0.39 is 5.97 Å². The summed E-state index contributed by atoms with van der Waals surface area (Å²) in [4.78, 5) is 24.8. The van der Waals surface area contributed by atoms with Crippen molar-refractivity contribution in [3.05, 3.63) is 59.5 Å². The molecule has 5 nitrogen and oxygen atoms in total. The quantitative estimate of drug-likeness (QED) is 0.802. The van der Waals surface area contributed by atoms with Gasteiger partial charge in [-0.15, -0.1) is 0 Å². The molecule has 2 aromatic rings. The van der Waals surface area contributed by atoms with Gasteiger partial charge in [-0.1, -0.05) is 30.3 Å². The van der Waals surface area contributed by atoms with Crippen LogP contribution in [0.4, 0.5) is 0 Å². The van der Waals surface area contributed by atoms with Gasteiger partial charge in [-0.05, 0) is 17.7 Å². The van der Waals surface area contributed by atoms with Crippen LogP contribution in [0.2, 0.25) is 0 Å². The van der Waals surface area contributed by atoms with Crippen molar-refractivity contribution < 1.29 is 18.7 Å². The molecule has 1 amide bonds. The summed E-state index contributed by atoms with van der Waals surface area (Å²) in [7, 11) is 3.22. The first kappa shape index (κ1) is 13.9. The molecule has 1 aromatic heterocycles. The lowest BCUT2D eigenvalue weighted by Crippen LogP contribution is -2.21. The van der Waals surface area contributed by atoms with Crippen LogP contribution in [0, 0.1) is 0 Å². The van der Waals surface area contributed by atoms with E-state index in [9.17, 15) is 9.59 Å². The molecule has 1 heterocycles. The highest BCUT2D eigenvalue weighted by Crippen LogP contribution is 2.12. The molecule has 0 aliphatic rings. The maximum absolute atomic E-state index is 11.8. The first-order valence-electron chi connectivity index (χ1n) is 6.10. The Morgan fingerprint density at radius 1 is 1.05 bits per heavy atom. The van der Waals surface area contributed by atoms with Crippen molar-refractivity contribution in [2.24, 2.45) is 0 Å². The molecule has 0 N–H and O–H groups in total. The number of carbonyl (C=O) groups is 2. The van der Waals surface area contributed by atoms with Gasteiger partial charge < -0.3 is 14.1 Å². The number of furan rings is 1. The van der Waals surface area contributed by atoms with Crippen LogP contribution in [-0.2, 0) is 11.3 Å². The smallest absolute Gasteiger partial charge is 0.374 e. The first-order chi connectivity index (χ1) is 9.58. The van der Waals surface area contributed by atoms with Crippen molar-refractivity contribution in [3.63, 3.8) is 0 Å². The Bertz CT molecular complexity index is 601. The molecule has 0 atom stereocenters. The molecule has 0 saturated heterocycles. The van der Waals surface area contributed by atoms with Gasteiger partial charge in [0.05, 0.1) is 0 Å². The van der Waals surface area contributed by atoms with Gasteiger partial charge in [-0.3, -0.25) is 4.79 Å². The van der Waals surface area contributed by atoms with Gasteiger partial charge in [0.25, 0.3) is 5.91 Å². The number of hydrogen-bond donors (Lipinski definition) is 0. The molecule has 104 valence electrons. The highest BCUT2D eigenvalue weighted by molar-refractivity contribution is 5.93. The van der Waals surface area contributed by atoms with Gasteiger partial charge in [-0.2, -0.15) is 0 Å². The second-order valence-corrected chi connectivity index (χ2v) is 4.43. The number of ether oxygens (including phenoxy) is 1. The normalized spacial score (nSPS) is 10.1. The topological polar surface area (TPSA) is 59.8 Å². The molecule has 0 saturated carbocycles. The van der Waals surface area contributed by atoms with Gasteiger partial charge in [0.15, 0.2) is 5.76 Å². The second kappa shape index (κ2) is 6.06. The molecular formula is C15H15NO4. The number of esters is 1. The molecule has 0 aliphatic carbocycles. The lowest BCUT2D eigenvalue weighted by Gasteiger charge is -2.06. The molecule has 0 radical (unpaired) electrons. The van der Waals surface area contributed by atoms with E-state index in [1.165, 1.54) is 17.0 Å². The van der Waals surface area contributed by atoms with E-state index in [1.807, 2.05) is 30.3 Å². The summed E-state index contributed by atoms with van der Waals surface area (Å²) in [5.74, 6) is -0.758. The number of nitrogens with zero attached hydrogens (tertiary/aromatic N) is 1. The highest BCUT2D eigenvalue weighted by Gasteiger charge is 2.17. The fourth-order valence-electron chi connectivity index (χ4n) is 1.58. The van der Waals surface area contributed by atoms with Crippen LogP contribution < -0.4 is 0 Å². The van der Waals surface area contributed by atoms with E-state index in [1.54, 1.807) is 14.1 Å². The van der Waals surface area contributed by atoms with E-state index in [0.717, 1.165) is 5.56 Å². The minimum atomic E-state index is -0.591. The zero-order valence-corrected chi connectivity index (χ0v) is 11.3. The summed E-state index contributed by atoms with van der Waals surface area (Å²) in [6.07, 6.45) is 0. The van der Waals surface area contributed by atoms with Crippen molar-refractivity contribution in [2.45, 2.75) is 6.61 Å². The highest BCUT2D eigenvalue weighted by atomic mass is 16.5. The summed E-state index contributed by atoms with van der Waals surface area (Å²) in [6.45, 7) is 0.164. The third-order valence-electron chi connectivity index (χ3n) is 2.64. The van der Waals surface area contributed by atoms with Crippen molar-refractivity contribution >= 4 is 11.9 Å². The monoisotopic (exact) mass is 273 g/mol. The lowest BCUT2D eigenvalue weighted by atomic mass is 10.2. The molecule has 0 aliphatic heterocycles. The van der Waals surface area contributed by atoms with Gasteiger partial charge in [0.2, 0.25) is 5.76 Å². The van der Waals surface area contributed by atoms with E-state index in [2.05, 4.69) is 0 Å². The number of benzene rings is 1. The van der Waals surface area contributed by atoms with E-state index in [4.69, 9.17) is 9.15 Å². The van der Waals surface area contributed by atoms with E-state index in [0.29, 0.717) is 0 Å². The molecule has 1 aromatic carbocycles. The Morgan fingerprint density at radius 2 is 1.70 bits per heavy atom. The minimum Gasteiger partial charge on any atom is -0.455 e. The fraction of sp³-hybridized carbons (Fsp3) is 0.200. The van der Waals surface area contributed by atoms with Crippen LogP contribution >= 0.6 is 0 Å². The van der Waals surface area contributed by atoms with E-state index in [-0.39, 0.29) is 24.0 Å². The predicted octanol–water partition coefficient (Wildman–Crippen LogP) is 2.34. The van der Waals surface area contributed by atoms with Crippen LogP contribution in [0.25, 0.3) is 0 Å². The summed E-state index contributed by atoms with van der Waals surface area (Å²) in [5.41, 5.74) is 0.886. The molecular weight excluding hydrogens is 258 g/mol. The third-order valence-corrected chi connectivity index (χ3v) is 2.64. The molecule has 2 rings (SSSR count). The van der Waals surface area contributed by atoms with Crippen LogP contribution in [-0.4, -0.2) is 30.9 Å². The number of hydrogen-bond acceptors (Lipinski definition) is 4. The Labute approximate surface area is 116 Å². The van der Waals surface area contributed by atoms with E-state index >= 15 is 0 Å². The van der Waals surface area contributed by atoms with Crippen molar-refractivity contribution in [2.75, 3.05) is 14.1 Å². The molecule has 0 spiro atoms. The largest absolute Gasteiger partial charge is 0.455 e. The summed E-state index contributed by atoms with van der Waals surface area (Å²) < 4.78 is 10.3. The average Bonchev–Trinajstić information content (AvgIpc) is 2.94. The molecule has 0 bridgehead atoms. The van der Waals surface area contributed by atoms with Gasteiger partial charge in [0.1, 0.15) is 6.61 Å². The third kappa shape index (κ3) is 3.26. The summed E-state index contributed by atoms with van der Waals surface area (Å²) >= 11 is 0. The van der Waals surface area contributed by atoms with Crippen molar-refractivity contribution in [3.8, 4) is 0 Å². The number of rotatable bonds is 4. The zero-order chi connectivity index (χ0) is 14.5. The molecule has 5 heteroatoms. The SMILES string of the molecule is CN(C)C(=O)c1ccc(C(=O)OCc2ccccc2)o1. The first-order valence-corrected chi connectivity index (χ1v) is 6.10. The predicted molar refractivity (Wildman–Crippen MR) is 72.3 cm³/mol. The summed E-state index contributed by atoms with van der Waals surface area (Å²) in [5, 5.41) is 0. The maximum Gasteiger partial charge on any atom is 0.374 e. The van der Waals surface area contributed by atoms with Crippen molar-refractivity contribution in [1.82, 2.24) is 4.90 Å². The van der Waals surface area contributed by atoms with Gasteiger partial charge in [0, 0.05) is 14.1 Å². The van der Waals surface area contributed by atoms with Gasteiger partial charge >= 0.3 is 5.97 Å². The Kier molecular flexibility index (Phi) is 4.20. The van der Waals surface area contributed by atoms with Crippen molar-refractivity contribution in [1.29, 1.82) is 0 Å². The minimum absolute atomic E-state index is 0.0196. The molecule has 0 unspecified atom stereocenters. The number of amides is 1. The standard InChI is InChI=1S/C15H15NO4/c1-16(2)14(17)12-8-9-13(20-12)15(18)19-10-11-6-4-3-5-7-11/h3-9H,10H2,1-2H3. The Hall–Kier alpha value is -2.56. The maximum atomic E-state index is 11.8. The van der Waals surface area contributed by atoms with Gasteiger partial charge in [-0.25, -0.2) is 4.79 Å². The number of carbonyl (C=O) groups excluding carboxylic acids is 2. The van der Waals surface area contributed by atoms with Crippen LogP contribution in [0.1, 0.15) is 26.7 Å². The second-order valence-electron chi connectivity index (χ2n) is 4.43. The average molecular weight is 273 g/mol. The van der Waals surface area contributed by atoms with Crippen LogP contribution in [0.15, 0.2) is 46.9 Å². The summed E-state index contributed by atoms with van der Waals surface area (Å²) in [6, 6.07) is 12.2. The Morgan fingerprint density at radius 3 is 2.35 bits per heavy atom. The zero-order valence-electron chi connectivity index (χ0n) is 11.3. The molecule has 20 heavy (non-hydrogen) atoms. The lowest BCUT2D eigenvalue weighted by molar-refractivity contribution is 0.0433. The Balaban J connectivity index is 1.98. The fourth-order valence-corrected chi connectivity index (χ4v) is 1.58.